The van der Waals surface area contributed by atoms with E-state index in [1.165, 1.54) is 0 Å². The predicted octanol–water partition coefficient (Wildman–Crippen LogP) is 1.89. The summed E-state index contributed by atoms with van der Waals surface area (Å²) in [7, 11) is 0. The molecule has 0 aliphatic rings. The lowest BCUT2D eigenvalue weighted by atomic mass is 10.1. The molecule has 0 radical (unpaired) electrons. The topological polar surface area (TPSA) is 80.4 Å². The molecule has 0 fully saturated rings. The Morgan fingerprint density at radius 1 is 1.44 bits per heavy atom. The minimum atomic E-state index is -1.31. The van der Waals surface area contributed by atoms with Crippen LogP contribution in [0.2, 0.25) is 0 Å². The van der Waals surface area contributed by atoms with Crippen molar-refractivity contribution in [1.29, 1.82) is 0 Å². The van der Waals surface area contributed by atoms with Gasteiger partial charge in [-0.1, -0.05) is 0 Å². The highest BCUT2D eigenvalue weighted by Crippen LogP contribution is 2.23. The quantitative estimate of drug-likeness (QED) is 0.633. The van der Waals surface area contributed by atoms with Gasteiger partial charge in [-0.05, 0) is 12.5 Å². The number of nitro benzene ring substituents is 1. The standard InChI is InChI=1S/C9H7F2NO4/c10-6-2-3-7(12(15)16)9(11)5(6)1-4-8(13)14/h2-3H,1,4H2,(H,13,14). The Labute approximate surface area is 88.5 Å². The maximum Gasteiger partial charge on any atom is 0.305 e. The van der Waals surface area contributed by atoms with Gasteiger partial charge in [-0.3, -0.25) is 14.9 Å². The fourth-order valence-corrected chi connectivity index (χ4v) is 1.19. The summed E-state index contributed by atoms with van der Waals surface area (Å²) in [4.78, 5) is 19.6. The van der Waals surface area contributed by atoms with Gasteiger partial charge in [0.25, 0.3) is 0 Å². The molecule has 1 N–H and O–H groups in total. The van der Waals surface area contributed by atoms with E-state index in [9.17, 15) is 23.7 Å². The average molecular weight is 231 g/mol. The minimum absolute atomic E-state index is 0.422. The second-order valence-electron chi connectivity index (χ2n) is 3.01. The van der Waals surface area contributed by atoms with Gasteiger partial charge in [-0.2, -0.15) is 4.39 Å². The van der Waals surface area contributed by atoms with Crippen LogP contribution in [0.15, 0.2) is 12.1 Å². The summed E-state index contributed by atoms with van der Waals surface area (Å²) in [5.41, 5.74) is -1.43. The van der Waals surface area contributed by atoms with Crippen molar-refractivity contribution in [1.82, 2.24) is 0 Å². The van der Waals surface area contributed by atoms with Gasteiger partial charge in [0.05, 0.1) is 4.92 Å². The third kappa shape index (κ3) is 2.50. The Hall–Kier alpha value is -2.05. The van der Waals surface area contributed by atoms with Crippen LogP contribution in [-0.2, 0) is 11.2 Å². The van der Waals surface area contributed by atoms with Crippen LogP contribution in [0.25, 0.3) is 0 Å². The van der Waals surface area contributed by atoms with Crippen molar-refractivity contribution in [3.8, 4) is 0 Å². The number of hydrogen-bond acceptors (Lipinski definition) is 3. The molecule has 7 heteroatoms. The van der Waals surface area contributed by atoms with Crippen LogP contribution < -0.4 is 0 Å². The normalized spacial score (nSPS) is 10.1. The van der Waals surface area contributed by atoms with Crippen molar-refractivity contribution in [2.24, 2.45) is 0 Å². The number of halogens is 2. The summed E-state index contributed by atoms with van der Waals surface area (Å²) in [5, 5.41) is 18.7. The van der Waals surface area contributed by atoms with Gasteiger partial charge in [0.2, 0.25) is 5.82 Å². The van der Waals surface area contributed by atoms with E-state index in [2.05, 4.69) is 0 Å². The second-order valence-corrected chi connectivity index (χ2v) is 3.01. The van der Waals surface area contributed by atoms with Crippen LogP contribution in [0.5, 0.6) is 0 Å². The third-order valence-electron chi connectivity index (χ3n) is 1.95. The SMILES string of the molecule is O=C(O)CCc1c(F)ccc([N+](=O)[O-])c1F. The van der Waals surface area contributed by atoms with E-state index in [4.69, 9.17) is 5.11 Å². The monoisotopic (exact) mass is 231 g/mol. The van der Waals surface area contributed by atoms with Gasteiger partial charge in [0.1, 0.15) is 5.82 Å². The van der Waals surface area contributed by atoms with E-state index in [1.807, 2.05) is 0 Å². The molecule has 0 saturated carbocycles. The van der Waals surface area contributed by atoms with Crippen molar-refractivity contribution < 1.29 is 23.6 Å². The number of carbonyl (C=O) groups is 1. The van der Waals surface area contributed by atoms with Crippen molar-refractivity contribution in [3.05, 3.63) is 39.4 Å². The molecule has 0 aliphatic heterocycles. The number of nitrogens with zero attached hydrogens (tertiary/aromatic N) is 1. The van der Waals surface area contributed by atoms with Gasteiger partial charge >= 0.3 is 11.7 Å². The van der Waals surface area contributed by atoms with Crippen molar-refractivity contribution in [2.75, 3.05) is 0 Å². The molecule has 0 spiro atoms. The highest BCUT2D eigenvalue weighted by Gasteiger charge is 2.21. The van der Waals surface area contributed by atoms with Crippen molar-refractivity contribution >= 4 is 11.7 Å². The molecule has 0 heterocycles. The van der Waals surface area contributed by atoms with E-state index in [0.717, 1.165) is 6.07 Å². The number of hydrogen-bond donors (Lipinski definition) is 1. The van der Waals surface area contributed by atoms with Crippen LogP contribution in [0, 0.1) is 21.7 Å². The van der Waals surface area contributed by atoms with E-state index < -0.39 is 46.6 Å². The largest absolute Gasteiger partial charge is 0.481 e. The minimum Gasteiger partial charge on any atom is -0.481 e. The van der Waals surface area contributed by atoms with Crippen LogP contribution in [-0.4, -0.2) is 16.0 Å². The van der Waals surface area contributed by atoms with Gasteiger partial charge in [-0.15, -0.1) is 0 Å². The molecule has 86 valence electrons. The van der Waals surface area contributed by atoms with E-state index in [-0.39, 0.29) is 0 Å². The maximum atomic E-state index is 13.4. The predicted molar refractivity (Wildman–Crippen MR) is 49.0 cm³/mol. The van der Waals surface area contributed by atoms with E-state index >= 15 is 0 Å². The first-order valence-corrected chi connectivity index (χ1v) is 4.26. The van der Waals surface area contributed by atoms with Gasteiger partial charge in [0, 0.05) is 18.1 Å². The van der Waals surface area contributed by atoms with Gasteiger partial charge in [-0.25, -0.2) is 4.39 Å². The number of nitro groups is 1. The Kier molecular flexibility index (Phi) is 3.49. The summed E-state index contributed by atoms with van der Waals surface area (Å²) in [6.07, 6.45) is -0.913. The molecule has 0 unspecified atom stereocenters. The lowest BCUT2D eigenvalue weighted by Crippen LogP contribution is -2.04. The first-order valence-electron chi connectivity index (χ1n) is 4.26. The van der Waals surface area contributed by atoms with Crippen molar-refractivity contribution in [2.45, 2.75) is 12.8 Å². The molecule has 0 aliphatic carbocycles. The second kappa shape index (κ2) is 4.65. The molecule has 0 atom stereocenters. The zero-order chi connectivity index (χ0) is 12.3. The average Bonchev–Trinajstić information content (AvgIpc) is 2.16. The lowest BCUT2D eigenvalue weighted by molar-refractivity contribution is -0.387. The Bertz CT molecular complexity index is 447. The molecule has 1 aromatic carbocycles. The zero-order valence-corrected chi connectivity index (χ0v) is 7.94. The van der Waals surface area contributed by atoms with E-state index in [0.29, 0.717) is 6.07 Å². The number of carboxylic acids is 1. The van der Waals surface area contributed by atoms with Crippen LogP contribution >= 0.6 is 0 Å². The Balaban J connectivity index is 3.11. The highest BCUT2D eigenvalue weighted by molar-refractivity contribution is 5.67. The van der Waals surface area contributed by atoms with Crippen LogP contribution in [0.1, 0.15) is 12.0 Å². The molecular formula is C9H7F2NO4. The molecular weight excluding hydrogens is 224 g/mol. The summed E-state index contributed by atoms with van der Waals surface area (Å²) in [6, 6.07) is 1.45. The molecule has 0 aromatic heterocycles. The number of benzene rings is 1. The van der Waals surface area contributed by atoms with E-state index in [1.54, 1.807) is 0 Å². The Morgan fingerprint density at radius 3 is 2.56 bits per heavy atom. The molecule has 1 aromatic rings. The molecule has 16 heavy (non-hydrogen) atoms. The van der Waals surface area contributed by atoms with Crippen LogP contribution in [0.3, 0.4) is 0 Å². The van der Waals surface area contributed by atoms with Crippen LogP contribution in [0.4, 0.5) is 14.5 Å². The Morgan fingerprint density at radius 2 is 2.06 bits per heavy atom. The zero-order valence-electron chi connectivity index (χ0n) is 7.94. The summed E-state index contributed by atoms with van der Waals surface area (Å²) >= 11 is 0. The molecule has 1 rings (SSSR count). The lowest BCUT2D eigenvalue weighted by Gasteiger charge is -2.03. The maximum absolute atomic E-state index is 13.4. The molecule has 0 bridgehead atoms. The highest BCUT2D eigenvalue weighted by atomic mass is 19.1. The smallest absolute Gasteiger partial charge is 0.305 e. The summed E-state index contributed by atoms with van der Waals surface area (Å²) in [5.74, 6) is -3.53. The summed E-state index contributed by atoms with van der Waals surface area (Å²) in [6.45, 7) is 0. The fourth-order valence-electron chi connectivity index (χ4n) is 1.19. The number of carboxylic acid groups (broad SMARTS) is 1. The van der Waals surface area contributed by atoms with Gasteiger partial charge < -0.3 is 5.11 Å². The molecule has 0 saturated heterocycles. The molecule has 0 amide bonds. The van der Waals surface area contributed by atoms with Gasteiger partial charge in [0.15, 0.2) is 0 Å². The summed E-state index contributed by atoms with van der Waals surface area (Å²) < 4.78 is 26.4. The third-order valence-corrected chi connectivity index (χ3v) is 1.95. The fraction of sp³-hybridized carbons (Fsp3) is 0.222. The first-order chi connectivity index (χ1) is 7.43. The number of rotatable bonds is 4. The molecule has 5 nitrogen and oxygen atoms in total. The number of aliphatic carboxylic acids is 1. The first kappa shape index (κ1) is 12.0. The van der Waals surface area contributed by atoms with Crippen molar-refractivity contribution in [3.63, 3.8) is 0 Å².